The molecule has 4 bridgehead atoms. The first-order valence-electron chi connectivity index (χ1n) is 20.1. The lowest BCUT2D eigenvalue weighted by Crippen LogP contribution is -2.67. The highest BCUT2D eigenvalue weighted by atomic mass is 35.5. The number of ketones is 1. The summed E-state index contributed by atoms with van der Waals surface area (Å²) >= 11 is 6.82. The molecule has 3 heterocycles. The predicted molar refractivity (Wildman–Crippen MR) is 234 cm³/mol. The number of carbonyl (C=O) groups is 5. The monoisotopic (exact) mass is 895 g/mol. The van der Waals surface area contributed by atoms with Gasteiger partial charge in [-0.1, -0.05) is 70.8 Å². The van der Waals surface area contributed by atoms with Gasteiger partial charge >= 0.3 is 12.1 Å². The van der Waals surface area contributed by atoms with Crippen molar-refractivity contribution in [3.05, 3.63) is 46.5 Å². The van der Waals surface area contributed by atoms with Gasteiger partial charge in [0, 0.05) is 56.9 Å². The summed E-state index contributed by atoms with van der Waals surface area (Å²) in [6.45, 7) is 12.7. The number of halogens is 1. The Kier molecular flexibility index (Phi) is 17.1. The molecule has 3 aliphatic rings. The number of esters is 1. The van der Waals surface area contributed by atoms with E-state index in [0.29, 0.717) is 24.3 Å². The molecule has 0 aromatic heterocycles. The van der Waals surface area contributed by atoms with E-state index in [9.17, 15) is 29.1 Å². The van der Waals surface area contributed by atoms with E-state index in [1.807, 2.05) is 46.8 Å². The van der Waals surface area contributed by atoms with Crippen molar-refractivity contribution in [1.82, 2.24) is 10.2 Å². The molecule has 0 radical (unpaired) electrons. The zero-order chi connectivity index (χ0) is 44.7. The first-order chi connectivity index (χ1) is 28.0. The fraction of sp³-hybridized carbons (Fsp3) is 0.651. The molecule has 0 aliphatic carbocycles. The van der Waals surface area contributed by atoms with Gasteiger partial charge in [0.1, 0.15) is 40.9 Å². The minimum absolute atomic E-state index is 0.0624. The Labute approximate surface area is 367 Å². The van der Waals surface area contributed by atoms with Crippen molar-refractivity contribution in [1.29, 1.82) is 0 Å². The predicted octanol–water partition coefficient (Wildman–Crippen LogP) is 6.68. The molecule has 1 aromatic carbocycles. The number of hydrogen-bond donors (Lipinski definition) is 2. The van der Waals surface area contributed by atoms with Crippen LogP contribution in [0.5, 0.6) is 5.75 Å². The SMILES string of the molecule is COc1cc2cc(c1Cl)N(C)C(=O)C[C@@H](OC(=O)[C@@H](C)N(C)C(=O)CC(C)(C)SSCCCC(C)=O)[C@@]1(C)CO[C@@H]1[C@@H](C)[C@H]1C[C@](O)(NC(=O)O1)[C@@H](OC)/C=C/C=C(\C)C2. The van der Waals surface area contributed by atoms with E-state index in [-0.39, 0.29) is 42.6 Å². The molecule has 1 aromatic rings. The molecule has 2 fully saturated rings. The molecule has 3 amide bonds. The van der Waals surface area contributed by atoms with Crippen LogP contribution < -0.4 is 15.0 Å². The molecular formula is C43H62ClN3O11S2. The van der Waals surface area contributed by atoms with Gasteiger partial charge in [-0.3, -0.25) is 14.9 Å². The first-order valence-corrected chi connectivity index (χ1v) is 22.8. The van der Waals surface area contributed by atoms with Crippen LogP contribution in [0.15, 0.2) is 35.9 Å². The van der Waals surface area contributed by atoms with Crippen molar-refractivity contribution in [2.75, 3.05) is 45.6 Å². The highest BCUT2D eigenvalue weighted by molar-refractivity contribution is 8.77. The van der Waals surface area contributed by atoms with E-state index in [2.05, 4.69) is 5.32 Å². The number of ether oxygens (including phenoxy) is 5. The Morgan fingerprint density at radius 3 is 2.53 bits per heavy atom. The maximum absolute atomic E-state index is 14.4. The summed E-state index contributed by atoms with van der Waals surface area (Å²) < 4.78 is 29.0. The van der Waals surface area contributed by atoms with Crippen LogP contribution in [0.1, 0.15) is 86.1 Å². The number of carbonyl (C=O) groups excluding carboxylic acids is 5. The number of hydrogen-bond acceptors (Lipinski definition) is 13. The number of aliphatic hydroxyl groups is 1. The normalized spacial score (nSPS) is 29.4. The minimum atomic E-state index is -1.85. The zero-order valence-corrected chi connectivity index (χ0v) is 39.0. The fourth-order valence-electron chi connectivity index (χ4n) is 7.71. The van der Waals surface area contributed by atoms with Crippen molar-refractivity contribution in [2.24, 2.45) is 11.3 Å². The highest BCUT2D eigenvalue weighted by Crippen LogP contribution is 2.48. The van der Waals surface area contributed by atoms with Crippen molar-refractivity contribution in [2.45, 2.75) is 128 Å². The lowest BCUT2D eigenvalue weighted by atomic mass is 9.67. The van der Waals surface area contributed by atoms with Gasteiger partial charge in [-0.25, -0.2) is 9.59 Å². The van der Waals surface area contributed by atoms with E-state index in [4.69, 9.17) is 35.3 Å². The van der Waals surface area contributed by atoms with Gasteiger partial charge in [0.25, 0.3) is 0 Å². The van der Waals surface area contributed by atoms with Crippen LogP contribution in [-0.2, 0) is 44.5 Å². The van der Waals surface area contributed by atoms with Crippen LogP contribution in [0.4, 0.5) is 10.5 Å². The fourth-order valence-corrected chi connectivity index (χ4v) is 10.6. The quantitative estimate of drug-likeness (QED) is 0.122. The number of allylic oxidation sites excluding steroid dienone is 3. The van der Waals surface area contributed by atoms with E-state index in [1.165, 1.54) is 24.0 Å². The summed E-state index contributed by atoms with van der Waals surface area (Å²) in [5.41, 5.74) is -0.715. The van der Waals surface area contributed by atoms with Crippen molar-refractivity contribution < 1.29 is 52.8 Å². The van der Waals surface area contributed by atoms with Crippen LogP contribution in [0.2, 0.25) is 5.02 Å². The van der Waals surface area contributed by atoms with Gasteiger partial charge in [0.05, 0.1) is 37.3 Å². The van der Waals surface area contributed by atoms with E-state index >= 15 is 0 Å². The second kappa shape index (κ2) is 20.7. The van der Waals surface area contributed by atoms with Crippen molar-refractivity contribution >= 4 is 68.5 Å². The molecule has 60 heavy (non-hydrogen) atoms. The molecule has 0 saturated carbocycles. The number of fused-ring (bicyclic) bond motifs is 5. The summed E-state index contributed by atoms with van der Waals surface area (Å²) in [5.74, 6) is -0.667. The lowest BCUT2D eigenvalue weighted by Gasteiger charge is -2.55. The molecule has 3 aliphatic heterocycles. The molecule has 17 heteroatoms. The molecule has 14 nitrogen and oxygen atoms in total. The summed E-state index contributed by atoms with van der Waals surface area (Å²) in [4.78, 5) is 69.2. The molecule has 8 atom stereocenters. The third kappa shape index (κ3) is 12.0. The van der Waals surface area contributed by atoms with Crippen molar-refractivity contribution in [3.8, 4) is 5.75 Å². The molecular weight excluding hydrogens is 834 g/mol. The van der Waals surface area contributed by atoms with Crippen LogP contribution in [0, 0.1) is 11.3 Å². The van der Waals surface area contributed by atoms with Gasteiger partial charge in [-0.2, -0.15) is 0 Å². The number of nitrogens with one attached hydrogen (secondary N) is 1. The van der Waals surface area contributed by atoms with Gasteiger partial charge < -0.3 is 43.4 Å². The molecule has 0 spiro atoms. The number of Topliss-reactive ketones (excluding diaryl/α,β-unsaturated/α-hetero) is 1. The summed E-state index contributed by atoms with van der Waals surface area (Å²) in [6, 6.07) is 2.59. The standard InChI is InChI=1S/C43H62ClN3O11S2/c1-25-14-12-16-33(55-11)43(53)22-32(57-40(52)45-43)27(3)38-42(7,24-56-38)34(21-35(49)47(9)30-19-29(18-25)20-31(54-10)37(30)44)58-39(51)28(4)46(8)36(50)23-41(5,6)60-59-17-13-15-26(2)48/h12,14,16,19-20,27-28,32-34,38,53H,13,15,17-18,21-24H2,1-11H3,(H,45,52)/b16-12+,25-14+/t27-,28+,32+,33-,34+,38+,42+,43+/m0/s1. The largest absolute Gasteiger partial charge is 0.495 e. The van der Waals surface area contributed by atoms with Crippen LogP contribution in [0.25, 0.3) is 0 Å². The van der Waals surface area contributed by atoms with Crippen LogP contribution in [0.3, 0.4) is 0 Å². The number of benzene rings is 1. The minimum Gasteiger partial charge on any atom is -0.495 e. The van der Waals surface area contributed by atoms with Gasteiger partial charge in [-0.15, -0.1) is 0 Å². The highest BCUT2D eigenvalue weighted by Gasteiger charge is 2.58. The Balaban J connectivity index is 1.68. The number of anilines is 1. The Morgan fingerprint density at radius 1 is 1.22 bits per heavy atom. The third-order valence-electron chi connectivity index (χ3n) is 11.6. The second-order valence-corrected chi connectivity index (χ2v) is 20.6. The Hall–Kier alpha value is -3.28. The topological polar surface area (TPSA) is 170 Å². The number of methoxy groups -OCH3 is 2. The second-order valence-electron chi connectivity index (χ2n) is 17.1. The van der Waals surface area contributed by atoms with E-state index in [1.54, 1.807) is 67.7 Å². The molecule has 4 rings (SSSR count). The summed E-state index contributed by atoms with van der Waals surface area (Å²) in [7, 11) is 9.24. The average molecular weight is 897 g/mol. The average Bonchev–Trinajstić information content (AvgIpc) is 3.16. The van der Waals surface area contributed by atoms with Crippen LogP contribution in [-0.4, -0.2) is 121 Å². The third-order valence-corrected chi connectivity index (χ3v) is 15.3. The maximum atomic E-state index is 14.4. The van der Waals surface area contributed by atoms with E-state index < -0.39 is 70.2 Å². The Bertz CT molecular complexity index is 1830. The number of likely N-dealkylation sites (N-methyl/N-ethyl adjacent to an activating group) is 1. The van der Waals surface area contributed by atoms with Crippen LogP contribution >= 0.6 is 33.2 Å². The number of rotatable bonds is 13. The zero-order valence-electron chi connectivity index (χ0n) is 36.6. The van der Waals surface area contributed by atoms with Gasteiger partial charge in [0.15, 0.2) is 5.72 Å². The van der Waals surface area contributed by atoms with E-state index in [0.717, 1.165) is 23.3 Å². The number of amides is 3. The van der Waals surface area contributed by atoms with Gasteiger partial charge in [0.2, 0.25) is 11.8 Å². The first kappa shape index (κ1) is 49.4. The summed E-state index contributed by atoms with van der Waals surface area (Å²) in [5, 5.41) is 14.6. The number of alkyl carbamates (subject to hydrolysis) is 1. The van der Waals surface area contributed by atoms with Crippen molar-refractivity contribution in [3.63, 3.8) is 0 Å². The molecule has 0 unspecified atom stereocenters. The van der Waals surface area contributed by atoms with Gasteiger partial charge in [-0.05, 0) is 65.2 Å². The smallest absolute Gasteiger partial charge is 0.409 e. The maximum Gasteiger partial charge on any atom is 0.409 e. The molecule has 2 N–H and O–H groups in total. The number of nitrogens with zero attached hydrogens (tertiary/aromatic N) is 2. The molecule has 2 saturated heterocycles. The lowest BCUT2D eigenvalue weighted by molar-refractivity contribution is -0.261. The Morgan fingerprint density at radius 2 is 1.92 bits per heavy atom. The summed E-state index contributed by atoms with van der Waals surface area (Å²) in [6.07, 6.45) is 2.34. The molecule has 334 valence electrons.